The van der Waals surface area contributed by atoms with Crippen LogP contribution in [0.2, 0.25) is 0 Å². The highest BCUT2D eigenvalue weighted by atomic mass is 16.2. The minimum absolute atomic E-state index is 0.0846. The van der Waals surface area contributed by atoms with Crippen molar-refractivity contribution in [3.8, 4) is 17.7 Å². The van der Waals surface area contributed by atoms with Crippen molar-refractivity contribution in [2.24, 2.45) is 11.8 Å². The number of benzene rings is 1. The number of hydrogen-bond donors (Lipinski definition) is 0. The van der Waals surface area contributed by atoms with Crippen molar-refractivity contribution in [3.05, 3.63) is 78.4 Å². The number of nitrogens with zero attached hydrogens (tertiary/aromatic N) is 6. The molecule has 1 fully saturated rings. The van der Waals surface area contributed by atoms with E-state index in [1.807, 2.05) is 36.4 Å². The van der Waals surface area contributed by atoms with Crippen LogP contribution in [-0.4, -0.2) is 41.4 Å². The van der Waals surface area contributed by atoms with Gasteiger partial charge in [0.25, 0.3) is 0 Å². The van der Waals surface area contributed by atoms with Crippen LogP contribution in [0.15, 0.2) is 55.5 Å². The fraction of sp³-hybridized carbons (Fsp3) is 0.355. The standard InChI is InChI=1S/C31H32N6O/c1-21(2)25-5-4-6-27-26(25)14-16-37(27)29-13-15-32-28(34-29)12-9-23-7-10-24(11-8-23)31(38)35-17-18-36-22(3)19-33-30(36)20-35/h4-6,13-16,19,23-24H,1,7-8,10-11,17-18,20H2,2-3H3. The predicted octanol–water partition coefficient (Wildman–Crippen LogP) is 5.16. The van der Waals surface area contributed by atoms with Crippen LogP contribution < -0.4 is 0 Å². The number of imidazole rings is 1. The Kier molecular flexibility index (Phi) is 6.32. The Morgan fingerprint density at radius 3 is 2.74 bits per heavy atom. The number of aryl methyl sites for hydroxylation is 1. The van der Waals surface area contributed by atoms with Crippen molar-refractivity contribution in [3.63, 3.8) is 0 Å². The molecular formula is C31H32N6O. The first-order chi connectivity index (χ1) is 18.5. The molecule has 4 heterocycles. The van der Waals surface area contributed by atoms with Crippen LogP contribution in [0.3, 0.4) is 0 Å². The summed E-state index contributed by atoms with van der Waals surface area (Å²) >= 11 is 0. The van der Waals surface area contributed by atoms with E-state index in [0.717, 1.165) is 72.5 Å². The SMILES string of the molecule is C=C(C)c1cccc2c1ccn2-c1ccnc(C#CC2CCC(C(=O)N3CCn4c(C)cnc4C3)CC2)n1. The number of allylic oxidation sites excluding steroid dienone is 1. The summed E-state index contributed by atoms with van der Waals surface area (Å²) in [6.07, 6.45) is 9.31. The molecule has 0 bridgehead atoms. The summed E-state index contributed by atoms with van der Waals surface area (Å²) in [5.74, 6) is 9.54. The minimum Gasteiger partial charge on any atom is -0.333 e. The summed E-state index contributed by atoms with van der Waals surface area (Å²) in [6, 6.07) is 10.2. The molecule has 0 spiro atoms. The quantitative estimate of drug-likeness (QED) is 0.362. The molecule has 38 heavy (non-hydrogen) atoms. The monoisotopic (exact) mass is 504 g/mol. The predicted molar refractivity (Wildman–Crippen MR) is 148 cm³/mol. The van der Waals surface area contributed by atoms with E-state index < -0.39 is 0 Å². The third-order valence-corrected chi connectivity index (χ3v) is 7.92. The van der Waals surface area contributed by atoms with Gasteiger partial charge in [0.2, 0.25) is 11.7 Å². The average Bonchev–Trinajstić information content (AvgIpc) is 3.55. The number of hydrogen-bond acceptors (Lipinski definition) is 4. The van der Waals surface area contributed by atoms with E-state index in [4.69, 9.17) is 4.98 Å². The van der Waals surface area contributed by atoms with Crippen molar-refractivity contribution in [1.29, 1.82) is 0 Å². The summed E-state index contributed by atoms with van der Waals surface area (Å²) in [5, 5.41) is 1.16. The maximum atomic E-state index is 13.2. The van der Waals surface area contributed by atoms with Gasteiger partial charge in [0.15, 0.2) is 0 Å². The molecule has 1 aromatic carbocycles. The molecule has 1 amide bonds. The molecular weight excluding hydrogens is 472 g/mol. The Morgan fingerprint density at radius 2 is 1.92 bits per heavy atom. The van der Waals surface area contributed by atoms with Gasteiger partial charge in [0, 0.05) is 54.6 Å². The molecule has 0 radical (unpaired) electrons. The van der Waals surface area contributed by atoms with Crippen LogP contribution >= 0.6 is 0 Å². The topological polar surface area (TPSA) is 68.8 Å². The van der Waals surface area contributed by atoms with Crippen LogP contribution in [0.1, 0.15) is 55.5 Å². The van der Waals surface area contributed by atoms with E-state index in [9.17, 15) is 4.79 Å². The highest BCUT2D eigenvalue weighted by Gasteiger charge is 2.31. The van der Waals surface area contributed by atoms with Gasteiger partial charge in [-0.15, -0.1) is 0 Å². The molecule has 1 aliphatic carbocycles. The molecule has 3 aromatic heterocycles. The fourth-order valence-electron chi connectivity index (χ4n) is 5.79. The van der Waals surface area contributed by atoms with Crippen molar-refractivity contribution >= 4 is 22.4 Å². The molecule has 2 aliphatic rings. The first-order valence-electron chi connectivity index (χ1n) is 13.4. The van der Waals surface area contributed by atoms with Crippen molar-refractivity contribution in [2.45, 2.75) is 52.6 Å². The Balaban J connectivity index is 1.11. The van der Waals surface area contributed by atoms with Gasteiger partial charge in [-0.05, 0) is 69.2 Å². The zero-order chi connectivity index (χ0) is 26.2. The normalized spacial score (nSPS) is 19.1. The van der Waals surface area contributed by atoms with E-state index >= 15 is 0 Å². The minimum atomic E-state index is 0.0846. The van der Waals surface area contributed by atoms with Crippen LogP contribution in [0, 0.1) is 30.6 Å². The van der Waals surface area contributed by atoms with E-state index in [-0.39, 0.29) is 17.7 Å². The molecule has 7 heteroatoms. The number of fused-ring (bicyclic) bond motifs is 2. The third kappa shape index (κ3) is 4.51. The van der Waals surface area contributed by atoms with Crippen LogP contribution in [-0.2, 0) is 17.9 Å². The van der Waals surface area contributed by atoms with Crippen molar-refractivity contribution < 1.29 is 4.79 Å². The molecule has 6 rings (SSSR count). The van der Waals surface area contributed by atoms with Gasteiger partial charge in [-0.25, -0.2) is 15.0 Å². The first kappa shape index (κ1) is 24.2. The zero-order valence-electron chi connectivity index (χ0n) is 22.0. The molecule has 0 N–H and O–H groups in total. The molecule has 7 nitrogen and oxygen atoms in total. The Labute approximate surface area is 223 Å². The lowest BCUT2D eigenvalue weighted by atomic mass is 9.81. The average molecular weight is 505 g/mol. The second-order valence-corrected chi connectivity index (χ2v) is 10.5. The highest BCUT2D eigenvalue weighted by Crippen LogP contribution is 2.31. The summed E-state index contributed by atoms with van der Waals surface area (Å²) in [7, 11) is 0. The van der Waals surface area contributed by atoms with Gasteiger partial charge >= 0.3 is 0 Å². The number of carbonyl (C=O) groups is 1. The highest BCUT2D eigenvalue weighted by molar-refractivity contribution is 5.92. The number of amides is 1. The molecule has 0 saturated heterocycles. The van der Waals surface area contributed by atoms with E-state index in [0.29, 0.717) is 12.4 Å². The fourth-order valence-corrected chi connectivity index (χ4v) is 5.79. The largest absolute Gasteiger partial charge is 0.333 e. The number of rotatable bonds is 3. The molecule has 0 unspecified atom stereocenters. The smallest absolute Gasteiger partial charge is 0.226 e. The zero-order valence-corrected chi connectivity index (χ0v) is 22.0. The molecule has 1 saturated carbocycles. The Hall–Kier alpha value is -4.18. The summed E-state index contributed by atoms with van der Waals surface area (Å²) in [5.41, 5.74) is 4.43. The molecule has 1 aliphatic heterocycles. The summed E-state index contributed by atoms with van der Waals surface area (Å²) < 4.78 is 4.28. The van der Waals surface area contributed by atoms with Gasteiger partial charge in [-0.2, -0.15) is 0 Å². The van der Waals surface area contributed by atoms with Gasteiger partial charge in [0.1, 0.15) is 11.6 Å². The van der Waals surface area contributed by atoms with Crippen LogP contribution in [0.5, 0.6) is 0 Å². The van der Waals surface area contributed by atoms with Gasteiger partial charge in [-0.3, -0.25) is 4.79 Å². The second kappa shape index (κ2) is 9.94. The van der Waals surface area contributed by atoms with Gasteiger partial charge in [0.05, 0.1) is 12.1 Å². The van der Waals surface area contributed by atoms with Gasteiger partial charge in [-0.1, -0.05) is 30.2 Å². The number of aromatic nitrogens is 5. The first-order valence-corrected chi connectivity index (χ1v) is 13.4. The van der Waals surface area contributed by atoms with Crippen molar-refractivity contribution in [1.82, 2.24) is 29.0 Å². The van der Waals surface area contributed by atoms with Crippen LogP contribution in [0.25, 0.3) is 22.3 Å². The Morgan fingerprint density at radius 1 is 1.08 bits per heavy atom. The molecule has 192 valence electrons. The third-order valence-electron chi connectivity index (χ3n) is 7.92. The number of carbonyl (C=O) groups excluding carboxylic acids is 1. The maximum Gasteiger partial charge on any atom is 0.226 e. The Bertz CT molecular complexity index is 1590. The summed E-state index contributed by atoms with van der Waals surface area (Å²) in [4.78, 5) is 28.8. The van der Waals surface area contributed by atoms with E-state index in [1.54, 1.807) is 6.20 Å². The van der Waals surface area contributed by atoms with Crippen molar-refractivity contribution in [2.75, 3.05) is 6.54 Å². The van der Waals surface area contributed by atoms with E-state index in [1.165, 1.54) is 5.69 Å². The second-order valence-electron chi connectivity index (χ2n) is 10.5. The molecule has 4 aromatic rings. The lowest BCUT2D eigenvalue weighted by Crippen LogP contribution is -2.42. The van der Waals surface area contributed by atoms with E-state index in [2.05, 4.69) is 62.6 Å². The molecule has 0 atom stereocenters. The summed E-state index contributed by atoms with van der Waals surface area (Å²) in [6.45, 7) is 10.4. The lowest BCUT2D eigenvalue weighted by Gasteiger charge is -2.33. The van der Waals surface area contributed by atoms with Crippen LogP contribution in [0.4, 0.5) is 0 Å². The van der Waals surface area contributed by atoms with Gasteiger partial charge < -0.3 is 14.0 Å². The maximum absolute atomic E-state index is 13.2. The lowest BCUT2D eigenvalue weighted by molar-refractivity contribution is -0.138.